The highest BCUT2D eigenvalue weighted by Crippen LogP contribution is 2.66. The van der Waals surface area contributed by atoms with Gasteiger partial charge in [-0.3, -0.25) is 4.79 Å². The normalized spacial score (nSPS) is 50.5. The second-order valence-corrected chi connectivity index (χ2v) is 9.47. The first-order valence-corrected chi connectivity index (χ1v) is 9.93. The molecule has 0 aliphatic heterocycles. The zero-order chi connectivity index (χ0) is 17.1. The molecule has 4 aliphatic rings. The van der Waals surface area contributed by atoms with Crippen molar-refractivity contribution < 1.29 is 9.90 Å². The molecular weight excluding hydrogens is 296 g/mol. The predicted octanol–water partition coefficient (Wildman–Crippen LogP) is 4.68. The summed E-state index contributed by atoms with van der Waals surface area (Å²) in [6.07, 6.45) is 12.3. The number of aliphatic hydroxyl groups is 1. The summed E-state index contributed by atoms with van der Waals surface area (Å²) in [5.41, 5.74) is 1.75. The molecule has 0 aromatic rings. The van der Waals surface area contributed by atoms with Gasteiger partial charge in [0.05, 0.1) is 6.10 Å². The van der Waals surface area contributed by atoms with E-state index in [1.54, 1.807) is 0 Å². The van der Waals surface area contributed by atoms with Crippen LogP contribution in [0.3, 0.4) is 0 Å². The second-order valence-electron chi connectivity index (χ2n) is 9.47. The molecule has 0 radical (unpaired) electrons. The third kappa shape index (κ3) is 2.14. The monoisotopic (exact) mass is 328 g/mol. The molecule has 1 N–H and O–H groups in total. The molecule has 0 saturated heterocycles. The first-order valence-electron chi connectivity index (χ1n) is 9.93. The van der Waals surface area contributed by atoms with E-state index in [9.17, 15) is 9.90 Å². The van der Waals surface area contributed by atoms with Gasteiger partial charge in [0.15, 0.2) is 5.78 Å². The van der Waals surface area contributed by atoms with E-state index in [4.69, 9.17) is 0 Å². The van der Waals surface area contributed by atoms with Gasteiger partial charge in [0, 0.05) is 6.42 Å². The summed E-state index contributed by atoms with van der Waals surface area (Å²) in [4.78, 5) is 12.0. The molecule has 0 aromatic heterocycles. The zero-order valence-corrected chi connectivity index (χ0v) is 15.3. The molecule has 0 heterocycles. The van der Waals surface area contributed by atoms with Crippen molar-refractivity contribution in [2.75, 3.05) is 0 Å². The van der Waals surface area contributed by atoms with Gasteiger partial charge in [-0.15, -0.1) is 6.58 Å². The van der Waals surface area contributed by atoms with Gasteiger partial charge in [-0.1, -0.05) is 25.5 Å². The molecule has 2 nitrogen and oxygen atoms in total. The fourth-order valence-corrected chi connectivity index (χ4v) is 7.13. The molecular formula is C22H32O2. The molecule has 0 bridgehead atoms. The Kier molecular flexibility index (Phi) is 3.84. The van der Waals surface area contributed by atoms with E-state index in [0.29, 0.717) is 29.5 Å². The molecule has 24 heavy (non-hydrogen) atoms. The molecule has 2 heteroatoms. The average Bonchev–Trinajstić information content (AvgIpc) is 2.85. The predicted molar refractivity (Wildman–Crippen MR) is 96.4 cm³/mol. The molecule has 0 amide bonds. The van der Waals surface area contributed by atoms with Gasteiger partial charge in [-0.25, -0.2) is 0 Å². The van der Waals surface area contributed by atoms with E-state index in [1.165, 1.54) is 18.4 Å². The number of rotatable bonds is 2. The van der Waals surface area contributed by atoms with Crippen molar-refractivity contribution in [2.45, 2.75) is 71.3 Å². The van der Waals surface area contributed by atoms with E-state index in [2.05, 4.69) is 26.5 Å². The molecule has 4 rings (SSSR count). The summed E-state index contributed by atoms with van der Waals surface area (Å²) >= 11 is 0. The third-order valence-corrected chi connectivity index (χ3v) is 8.56. The summed E-state index contributed by atoms with van der Waals surface area (Å²) in [5, 5.41) is 10.6. The Morgan fingerprint density at radius 1 is 1.25 bits per heavy atom. The quantitative estimate of drug-likeness (QED) is 0.747. The fourth-order valence-electron chi connectivity index (χ4n) is 7.13. The minimum absolute atomic E-state index is 0.114. The van der Waals surface area contributed by atoms with E-state index in [0.717, 1.165) is 38.5 Å². The number of fused-ring (bicyclic) bond motifs is 5. The lowest BCUT2D eigenvalue weighted by Gasteiger charge is -2.60. The van der Waals surface area contributed by atoms with E-state index < -0.39 is 0 Å². The maximum atomic E-state index is 12.0. The standard InChI is InChI=1S/C22H32O2/c1-4-5-14-12-15-13-16(23)8-10-21(15,2)18-9-11-22(3)17(20(14)18)6-7-19(22)24/h4,13-14,17-20,24H,1,5-12H2,2-3H3/t14?,17-,18+,19?,20-,21-,22-/m0/s1. The van der Waals surface area contributed by atoms with E-state index in [1.807, 2.05) is 6.08 Å². The minimum Gasteiger partial charge on any atom is -0.393 e. The Labute approximate surface area is 146 Å². The highest BCUT2D eigenvalue weighted by molar-refractivity contribution is 5.91. The molecule has 2 unspecified atom stereocenters. The van der Waals surface area contributed by atoms with Crippen LogP contribution in [0.15, 0.2) is 24.3 Å². The van der Waals surface area contributed by atoms with Gasteiger partial charge < -0.3 is 5.11 Å². The number of aliphatic hydroxyl groups excluding tert-OH is 1. The number of hydrogen-bond acceptors (Lipinski definition) is 2. The van der Waals surface area contributed by atoms with Crippen molar-refractivity contribution in [3.8, 4) is 0 Å². The Bertz CT molecular complexity index is 591. The maximum absolute atomic E-state index is 12.0. The zero-order valence-electron chi connectivity index (χ0n) is 15.3. The lowest BCUT2D eigenvalue weighted by atomic mass is 9.44. The van der Waals surface area contributed by atoms with Gasteiger partial charge in [-0.05, 0) is 85.5 Å². The fraction of sp³-hybridized carbons (Fsp3) is 0.773. The topological polar surface area (TPSA) is 37.3 Å². The van der Waals surface area contributed by atoms with Gasteiger partial charge in [0.2, 0.25) is 0 Å². The van der Waals surface area contributed by atoms with Gasteiger partial charge in [0.25, 0.3) is 0 Å². The number of carbonyl (C=O) groups excluding carboxylic acids is 1. The molecule has 3 fully saturated rings. The average molecular weight is 328 g/mol. The molecule has 3 saturated carbocycles. The molecule has 0 aromatic carbocycles. The van der Waals surface area contributed by atoms with Crippen molar-refractivity contribution in [3.05, 3.63) is 24.3 Å². The molecule has 4 aliphatic carbocycles. The van der Waals surface area contributed by atoms with Crippen molar-refractivity contribution in [1.29, 1.82) is 0 Å². The first kappa shape index (κ1) is 16.6. The smallest absolute Gasteiger partial charge is 0.155 e. The third-order valence-electron chi connectivity index (χ3n) is 8.56. The van der Waals surface area contributed by atoms with Crippen LogP contribution in [0.4, 0.5) is 0 Å². The van der Waals surface area contributed by atoms with Crippen LogP contribution in [0.25, 0.3) is 0 Å². The number of hydrogen-bond donors (Lipinski definition) is 1. The Hall–Kier alpha value is -0.890. The highest BCUT2D eigenvalue weighted by atomic mass is 16.3. The maximum Gasteiger partial charge on any atom is 0.155 e. The highest BCUT2D eigenvalue weighted by Gasteiger charge is 2.60. The molecule has 132 valence electrons. The summed E-state index contributed by atoms with van der Waals surface area (Å²) < 4.78 is 0. The van der Waals surface area contributed by atoms with Crippen LogP contribution in [0, 0.1) is 34.5 Å². The van der Waals surface area contributed by atoms with Crippen molar-refractivity contribution >= 4 is 5.78 Å². The summed E-state index contributed by atoms with van der Waals surface area (Å²) in [6, 6.07) is 0. The van der Waals surface area contributed by atoms with Crippen LogP contribution in [-0.4, -0.2) is 17.0 Å². The SMILES string of the molecule is C=CCC1CC2=CC(=O)CC[C@]2(C)[C@@H]2CC[C@]3(C)C(O)CC[C@H]3[C@H]12. The number of carbonyl (C=O) groups is 1. The number of allylic oxidation sites excluding steroid dienone is 2. The number of ketones is 1. The minimum atomic E-state index is -0.120. The van der Waals surface area contributed by atoms with Gasteiger partial charge >= 0.3 is 0 Å². The van der Waals surface area contributed by atoms with Crippen LogP contribution in [0.2, 0.25) is 0 Å². The van der Waals surface area contributed by atoms with Gasteiger partial charge in [0.1, 0.15) is 0 Å². The lowest BCUT2D eigenvalue weighted by molar-refractivity contribution is -0.119. The van der Waals surface area contributed by atoms with E-state index in [-0.39, 0.29) is 16.9 Å². The Morgan fingerprint density at radius 2 is 2.04 bits per heavy atom. The van der Waals surface area contributed by atoms with Crippen LogP contribution in [-0.2, 0) is 4.79 Å². The van der Waals surface area contributed by atoms with Gasteiger partial charge in [-0.2, -0.15) is 0 Å². The van der Waals surface area contributed by atoms with Crippen LogP contribution < -0.4 is 0 Å². The second kappa shape index (κ2) is 5.56. The van der Waals surface area contributed by atoms with Crippen molar-refractivity contribution in [1.82, 2.24) is 0 Å². The first-order chi connectivity index (χ1) is 11.4. The Morgan fingerprint density at radius 3 is 2.79 bits per heavy atom. The lowest BCUT2D eigenvalue weighted by Crippen LogP contribution is -2.54. The summed E-state index contributed by atoms with van der Waals surface area (Å²) in [5.74, 6) is 2.95. The van der Waals surface area contributed by atoms with E-state index >= 15 is 0 Å². The van der Waals surface area contributed by atoms with Crippen LogP contribution in [0.5, 0.6) is 0 Å². The summed E-state index contributed by atoms with van der Waals surface area (Å²) in [6.45, 7) is 8.78. The van der Waals surface area contributed by atoms with Crippen molar-refractivity contribution in [2.24, 2.45) is 34.5 Å². The largest absolute Gasteiger partial charge is 0.393 e. The summed E-state index contributed by atoms with van der Waals surface area (Å²) in [7, 11) is 0. The van der Waals surface area contributed by atoms with Crippen LogP contribution in [0.1, 0.15) is 65.2 Å². The van der Waals surface area contributed by atoms with Crippen molar-refractivity contribution in [3.63, 3.8) is 0 Å². The molecule has 7 atom stereocenters. The van der Waals surface area contributed by atoms with Crippen LogP contribution >= 0.6 is 0 Å². The Balaban J connectivity index is 1.76. The molecule has 0 spiro atoms.